The Morgan fingerprint density at radius 1 is 0.390 bits per heavy atom. The Labute approximate surface area is 259 Å². The molecule has 7 heteroatoms. The van der Waals surface area contributed by atoms with Gasteiger partial charge in [0.2, 0.25) is 0 Å². The van der Waals surface area contributed by atoms with E-state index in [9.17, 15) is 0 Å². The smallest absolute Gasteiger partial charge is 0.0784 e. The molecule has 0 bridgehead atoms. The maximum Gasteiger partial charge on any atom is 0.0784 e. The molecule has 0 fully saturated rings. The highest BCUT2D eigenvalue weighted by Crippen LogP contribution is 2.13. The van der Waals surface area contributed by atoms with Crippen molar-refractivity contribution in [1.29, 1.82) is 0 Å². The topological polar surface area (TPSA) is 80.3 Å². The first-order valence-electron chi connectivity index (χ1n) is 17.7. The summed E-state index contributed by atoms with van der Waals surface area (Å²) in [6.45, 7) is 21.8. The van der Waals surface area contributed by atoms with E-state index in [1.807, 2.05) is 0 Å². The summed E-state index contributed by atoms with van der Waals surface area (Å²) in [4.78, 5) is 0. The quantitative estimate of drug-likeness (QED) is 0.0424. The van der Waals surface area contributed by atoms with E-state index in [-0.39, 0.29) is 0 Å². The number of nitrogens with zero attached hydrogens (tertiary/aromatic N) is 2. The summed E-state index contributed by atoms with van der Waals surface area (Å²) in [6, 6.07) is 0. The zero-order valence-electron chi connectivity index (χ0n) is 29.3. The van der Waals surface area contributed by atoms with Gasteiger partial charge in [0.05, 0.1) is 53.4 Å². The van der Waals surface area contributed by atoms with Gasteiger partial charge in [-0.05, 0) is 53.4 Å². The molecule has 0 aliphatic rings. The molecule has 252 valence electrons. The lowest BCUT2D eigenvalue weighted by Crippen LogP contribution is -2.44. The van der Waals surface area contributed by atoms with Crippen LogP contribution in [0.1, 0.15) is 170 Å². The first-order valence-corrected chi connectivity index (χ1v) is 19.0. The van der Waals surface area contributed by atoms with Crippen LogP contribution < -0.4 is 0 Å². The van der Waals surface area contributed by atoms with Crippen molar-refractivity contribution in [1.82, 2.24) is 0 Å². The lowest BCUT2D eigenvalue weighted by molar-refractivity contribution is -0.906. The molecule has 0 saturated carbocycles. The van der Waals surface area contributed by atoms with Gasteiger partial charge in [0.15, 0.2) is 0 Å². The maximum atomic E-state index is 8.52. The fraction of sp³-hybridized carbons (Fsp3) is 1.00. The summed E-state index contributed by atoms with van der Waals surface area (Å²) in [6.07, 6.45) is 28.9. The van der Waals surface area contributed by atoms with Crippen molar-refractivity contribution >= 4 is 10.4 Å². The first-order chi connectivity index (χ1) is 19.4. The van der Waals surface area contributed by atoms with E-state index in [4.69, 9.17) is 17.5 Å². The first kappa shape index (κ1) is 45.2. The minimum atomic E-state index is -5.17. The van der Waals surface area contributed by atoms with Gasteiger partial charge in [-0.15, -0.1) is 0 Å². The summed E-state index contributed by atoms with van der Waals surface area (Å²) in [5.74, 6) is 0. The zero-order chi connectivity index (χ0) is 31.9. The van der Waals surface area contributed by atoms with Gasteiger partial charge in [0.1, 0.15) is 0 Å². The highest BCUT2D eigenvalue weighted by Gasteiger charge is 2.15. The van der Waals surface area contributed by atoms with E-state index in [2.05, 4.69) is 55.6 Å². The molecule has 0 aromatic heterocycles. The van der Waals surface area contributed by atoms with Crippen LogP contribution in [0.2, 0.25) is 0 Å². The normalized spacial score (nSPS) is 12.0. The molecule has 0 heterocycles. The largest absolute Gasteiger partial charge is 0.759 e. The minimum absolute atomic E-state index is 1.26. The third-order valence-electron chi connectivity index (χ3n) is 9.16. The van der Waals surface area contributed by atoms with Crippen molar-refractivity contribution in [2.75, 3.05) is 53.4 Å². The fourth-order valence-electron chi connectivity index (χ4n) is 5.04. The minimum Gasteiger partial charge on any atom is -0.759 e. The Morgan fingerprint density at radius 3 is 0.732 bits per heavy atom. The molecule has 0 aliphatic carbocycles. The number of quaternary nitrogens is 2. The number of hydrogen-bond donors (Lipinski definition) is 0. The van der Waals surface area contributed by atoms with Gasteiger partial charge >= 0.3 is 0 Å². The van der Waals surface area contributed by atoms with E-state index in [0.29, 0.717) is 0 Å². The van der Waals surface area contributed by atoms with Gasteiger partial charge in [-0.2, -0.15) is 0 Å². The fourth-order valence-corrected chi connectivity index (χ4v) is 5.04. The van der Waals surface area contributed by atoms with E-state index in [1.165, 1.54) is 177 Å². The Bertz CT molecular complexity index is 560. The number of unbranched alkanes of at least 4 members (excludes halogenated alkanes) is 18. The van der Waals surface area contributed by atoms with Crippen LogP contribution in [0.25, 0.3) is 0 Å². The predicted octanol–water partition coefficient (Wildman–Crippen LogP) is 9.45. The highest BCUT2D eigenvalue weighted by molar-refractivity contribution is 7.79. The molecular weight excluding hydrogens is 532 g/mol. The van der Waals surface area contributed by atoms with Crippen LogP contribution in [0.15, 0.2) is 0 Å². The van der Waals surface area contributed by atoms with Crippen molar-refractivity contribution in [3.63, 3.8) is 0 Å². The van der Waals surface area contributed by atoms with Crippen LogP contribution in [0.4, 0.5) is 0 Å². The molecule has 0 N–H and O–H groups in total. The monoisotopic (exact) mass is 609 g/mol. The van der Waals surface area contributed by atoms with E-state index >= 15 is 0 Å². The molecule has 41 heavy (non-hydrogen) atoms. The van der Waals surface area contributed by atoms with E-state index in [0.717, 1.165) is 0 Å². The van der Waals surface area contributed by atoms with Gasteiger partial charge in [0, 0.05) is 10.4 Å². The maximum absolute atomic E-state index is 8.52. The van der Waals surface area contributed by atoms with Gasteiger partial charge in [-0.1, -0.05) is 117 Å². The Kier molecular flexibility index (Phi) is 34.4. The lowest BCUT2D eigenvalue weighted by atomic mass is 10.1. The van der Waals surface area contributed by atoms with Gasteiger partial charge in [0.25, 0.3) is 0 Å². The van der Waals surface area contributed by atoms with Crippen LogP contribution in [-0.2, 0) is 10.4 Å². The molecular formula is C34H76N2O4S. The van der Waals surface area contributed by atoms with Gasteiger partial charge < -0.3 is 18.1 Å². The highest BCUT2D eigenvalue weighted by atomic mass is 32.3. The van der Waals surface area contributed by atoms with E-state index in [1.54, 1.807) is 0 Å². The second-order valence-corrected chi connectivity index (χ2v) is 13.5. The molecule has 0 aromatic rings. The summed E-state index contributed by atoms with van der Waals surface area (Å²) in [7, 11) is -0.374. The molecule has 6 nitrogen and oxygen atoms in total. The van der Waals surface area contributed by atoms with Crippen LogP contribution in [-0.4, -0.2) is 79.9 Å². The molecule has 0 spiro atoms. The summed E-state index contributed by atoms with van der Waals surface area (Å²) < 4.78 is 36.6. The number of rotatable bonds is 26. The van der Waals surface area contributed by atoms with Crippen molar-refractivity contribution in [3.8, 4) is 0 Å². The predicted molar refractivity (Wildman–Crippen MR) is 178 cm³/mol. The van der Waals surface area contributed by atoms with Crippen LogP contribution >= 0.6 is 0 Å². The molecule has 0 amide bonds. The SMILES string of the molecule is CCCCCCCCCCCC[N+](C)(CC)CC.CCCCCCCCCCCC[N+](C)(CC)CC.O=S(=O)([O-])[O-]. The summed E-state index contributed by atoms with van der Waals surface area (Å²) in [5.41, 5.74) is 0. The molecule has 0 radical (unpaired) electrons. The Hall–Kier alpha value is -0.210. The third kappa shape index (κ3) is 39.8. The van der Waals surface area contributed by atoms with Crippen LogP contribution in [0.5, 0.6) is 0 Å². The Morgan fingerprint density at radius 2 is 0.561 bits per heavy atom. The average Bonchev–Trinajstić information content (AvgIpc) is 2.94. The Balaban J connectivity index is -0.000000604. The standard InChI is InChI=1S/2C17H38N.H2O4S/c2*1-5-8-9-10-11-12-13-14-15-16-17-18(4,6-2)7-3;1-5(2,3)4/h2*5-17H2,1-4H3;(H2,1,2,3,4)/q2*+1;/p-2. The molecule has 0 aromatic carbocycles. The lowest BCUT2D eigenvalue weighted by Gasteiger charge is -2.32. The van der Waals surface area contributed by atoms with Crippen molar-refractivity contribution < 1.29 is 26.5 Å². The van der Waals surface area contributed by atoms with Crippen LogP contribution in [0, 0.1) is 0 Å². The van der Waals surface area contributed by atoms with Gasteiger partial charge in [-0.25, -0.2) is 0 Å². The molecule has 0 saturated heterocycles. The molecule has 0 rings (SSSR count). The molecule has 0 atom stereocenters. The summed E-state index contributed by atoms with van der Waals surface area (Å²) >= 11 is 0. The second-order valence-electron chi connectivity index (χ2n) is 12.7. The second kappa shape index (κ2) is 31.2. The number of hydrogen-bond acceptors (Lipinski definition) is 4. The van der Waals surface area contributed by atoms with Crippen LogP contribution in [0.3, 0.4) is 0 Å². The third-order valence-corrected chi connectivity index (χ3v) is 9.16. The molecule has 0 aliphatic heterocycles. The van der Waals surface area contributed by atoms with Crippen molar-refractivity contribution in [2.24, 2.45) is 0 Å². The average molecular weight is 609 g/mol. The zero-order valence-corrected chi connectivity index (χ0v) is 30.1. The van der Waals surface area contributed by atoms with Crippen molar-refractivity contribution in [2.45, 2.75) is 170 Å². The van der Waals surface area contributed by atoms with E-state index < -0.39 is 10.4 Å². The van der Waals surface area contributed by atoms with Gasteiger partial charge in [-0.3, -0.25) is 8.42 Å². The summed E-state index contributed by atoms with van der Waals surface area (Å²) in [5, 5.41) is 0. The van der Waals surface area contributed by atoms with Crippen molar-refractivity contribution in [3.05, 3.63) is 0 Å². The molecule has 0 unspecified atom stereocenters.